The van der Waals surface area contributed by atoms with Crippen molar-refractivity contribution in [3.8, 4) is 0 Å². The first-order valence-electron chi connectivity index (χ1n) is 5.17. The molecule has 1 atom stereocenters. The van der Waals surface area contributed by atoms with Gasteiger partial charge in [0, 0.05) is 12.6 Å². The number of hydrogen-bond donors (Lipinski definition) is 2. The van der Waals surface area contributed by atoms with Gasteiger partial charge in [-0.15, -0.1) is 0 Å². The van der Waals surface area contributed by atoms with Crippen molar-refractivity contribution in [2.75, 3.05) is 13.1 Å². The molecule has 0 saturated carbocycles. The van der Waals surface area contributed by atoms with Crippen LogP contribution < -0.4 is 10.0 Å². The molecule has 7 heteroatoms. The fraction of sp³-hybridized carbons (Fsp3) is 0.400. The summed E-state index contributed by atoms with van der Waals surface area (Å²) in [5, 5.41) is 3.06. The molecule has 0 spiro atoms. The first-order chi connectivity index (χ1) is 7.99. The zero-order valence-electron chi connectivity index (χ0n) is 8.91. The van der Waals surface area contributed by atoms with Crippen molar-refractivity contribution in [1.29, 1.82) is 0 Å². The Morgan fingerprint density at radius 3 is 2.82 bits per heavy atom. The van der Waals surface area contributed by atoms with Crippen LogP contribution in [0.4, 0.5) is 4.39 Å². The van der Waals surface area contributed by atoms with Crippen LogP contribution in [-0.4, -0.2) is 27.5 Å². The van der Waals surface area contributed by atoms with E-state index in [2.05, 4.69) is 26.0 Å². The van der Waals surface area contributed by atoms with Crippen LogP contribution in [0.1, 0.15) is 6.42 Å². The molecule has 0 aromatic heterocycles. The highest BCUT2D eigenvalue weighted by Crippen LogP contribution is 2.19. The molecule has 1 aromatic rings. The van der Waals surface area contributed by atoms with Gasteiger partial charge < -0.3 is 5.32 Å². The molecule has 2 rings (SSSR count). The smallest absolute Gasteiger partial charge is 0.240 e. The number of benzene rings is 1. The molecule has 94 valence electrons. The molecule has 1 aliphatic rings. The lowest BCUT2D eigenvalue weighted by Gasteiger charge is -2.12. The molecule has 0 radical (unpaired) electrons. The highest BCUT2D eigenvalue weighted by Gasteiger charge is 2.23. The summed E-state index contributed by atoms with van der Waals surface area (Å²) in [5.74, 6) is -0.586. The van der Waals surface area contributed by atoms with Crippen molar-refractivity contribution >= 4 is 26.0 Å². The SMILES string of the molecule is O=S(=O)(NC1CCNC1)c1ccc(Br)c(F)c1. The van der Waals surface area contributed by atoms with Crippen LogP contribution in [-0.2, 0) is 10.0 Å². The van der Waals surface area contributed by atoms with E-state index in [-0.39, 0.29) is 15.4 Å². The van der Waals surface area contributed by atoms with E-state index >= 15 is 0 Å². The second-order valence-electron chi connectivity index (χ2n) is 3.89. The molecular formula is C10H12BrFN2O2S. The zero-order valence-corrected chi connectivity index (χ0v) is 11.3. The van der Waals surface area contributed by atoms with E-state index < -0.39 is 15.8 Å². The van der Waals surface area contributed by atoms with Gasteiger partial charge in [-0.2, -0.15) is 0 Å². The first-order valence-corrected chi connectivity index (χ1v) is 7.45. The number of sulfonamides is 1. The van der Waals surface area contributed by atoms with E-state index in [1.165, 1.54) is 12.1 Å². The average molecular weight is 323 g/mol. The maximum absolute atomic E-state index is 13.3. The van der Waals surface area contributed by atoms with E-state index in [1.807, 2.05) is 0 Å². The monoisotopic (exact) mass is 322 g/mol. The molecule has 0 bridgehead atoms. The van der Waals surface area contributed by atoms with Crippen molar-refractivity contribution in [3.05, 3.63) is 28.5 Å². The van der Waals surface area contributed by atoms with Crippen molar-refractivity contribution in [1.82, 2.24) is 10.0 Å². The summed E-state index contributed by atoms with van der Waals surface area (Å²) in [5.41, 5.74) is 0. The maximum Gasteiger partial charge on any atom is 0.240 e. The summed E-state index contributed by atoms with van der Waals surface area (Å²) in [6.07, 6.45) is 0.748. The van der Waals surface area contributed by atoms with Crippen molar-refractivity contribution in [2.24, 2.45) is 0 Å². The van der Waals surface area contributed by atoms with Gasteiger partial charge in [0.1, 0.15) is 5.82 Å². The lowest BCUT2D eigenvalue weighted by molar-refractivity contribution is 0.557. The van der Waals surface area contributed by atoms with E-state index in [9.17, 15) is 12.8 Å². The minimum absolute atomic E-state index is 0.0508. The molecule has 2 N–H and O–H groups in total. The van der Waals surface area contributed by atoms with Gasteiger partial charge in [0.25, 0.3) is 0 Å². The van der Waals surface area contributed by atoms with Gasteiger partial charge in [-0.05, 0) is 47.1 Å². The van der Waals surface area contributed by atoms with Gasteiger partial charge in [0.05, 0.1) is 9.37 Å². The summed E-state index contributed by atoms with van der Waals surface area (Å²) in [4.78, 5) is -0.0508. The Morgan fingerprint density at radius 2 is 2.24 bits per heavy atom. The molecular weight excluding hydrogens is 311 g/mol. The summed E-state index contributed by atoms with van der Waals surface area (Å²) in [6, 6.07) is 3.65. The highest BCUT2D eigenvalue weighted by molar-refractivity contribution is 9.10. The van der Waals surface area contributed by atoms with Gasteiger partial charge in [-0.25, -0.2) is 17.5 Å². The quantitative estimate of drug-likeness (QED) is 0.880. The minimum atomic E-state index is -3.63. The average Bonchev–Trinajstić information content (AvgIpc) is 2.73. The van der Waals surface area contributed by atoms with Gasteiger partial charge in [0.2, 0.25) is 10.0 Å². The number of hydrogen-bond acceptors (Lipinski definition) is 3. The molecule has 1 aromatic carbocycles. The minimum Gasteiger partial charge on any atom is -0.315 e. The molecule has 1 unspecified atom stereocenters. The third-order valence-electron chi connectivity index (χ3n) is 2.58. The second kappa shape index (κ2) is 5.01. The van der Waals surface area contributed by atoms with Crippen molar-refractivity contribution < 1.29 is 12.8 Å². The standard InChI is InChI=1S/C10H12BrFN2O2S/c11-9-2-1-8(5-10(9)12)17(15,16)14-7-3-4-13-6-7/h1-2,5,7,13-14H,3-4,6H2. The predicted octanol–water partition coefficient (Wildman–Crippen LogP) is 1.23. The van der Waals surface area contributed by atoms with Crippen molar-refractivity contribution in [2.45, 2.75) is 17.4 Å². The second-order valence-corrected chi connectivity index (χ2v) is 6.46. The molecule has 0 aliphatic carbocycles. The van der Waals surface area contributed by atoms with Crippen LogP contribution in [0.2, 0.25) is 0 Å². The summed E-state index contributed by atoms with van der Waals surface area (Å²) in [7, 11) is -3.63. The molecule has 1 aliphatic heterocycles. The van der Waals surface area contributed by atoms with E-state index in [0.717, 1.165) is 19.0 Å². The van der Waals surface area contributed by atoms with E-state index in [4.69, 9.17) is 0 Å². The Labute approximate surface area is 108 Å². The van der Waals surface area contributed by atoms with Crippen LogP contribution in [0, 0.1) is 5.82 Å². The Balaban J connectivity index is 2.21. The van der Waals surface area contributed by atoms with Crippen molar-refractivity contribution in [3.63, 3.8) is 0 Å². The molecule has 1 saturated heterocycles. The summed E-state index contributed by atoms with van der Waals surface area (Å²) < 4.78 is 39.9. The maximum atomic E-state index is 13.3. The number of rotatable bonds is 3. The molecule has 1 fully saturated rings. The normalized spacial score (nSPS) is 20.7. The molecule has 0 amide bonds. The van der Waals surface area contributed by atoms with E-state index in [1.54, 1.807) is 0 Å². The summed E-state index contributed by atoms with van der Waals surface area (Å²) in [6.45, 7) is 1.40. The van der Waals surface area contributed by atoms with Crippen LogP contribution in [0.3, 0.4) is 0 Å². The van der Waals surface area contributed by atoms with Gasteiger partial charge in [-0.3, -0.25) is 0 Å². The fourth-order valence-corrected chi connectivity index (χ4v) is 3.22. The van der Waals surface area contributed by atoms with Crippen LogP contribution in [0.15, 0.2) is 27.6 Å². The Bertz CT molecular complexity index is 515. The lowest BCUT2D eigenvalue weighted by atomic mass is 10.3. The first kappa shape index (κ1) is 12.9. The molecule has 4 nitrogen and oxygen atoms in total. The van der Waals surface area contributed by atoms with Crippen LogP contribution in [0.25, 0.3) is 0 Å². The highest BCUT2D eigenvalue weighted by atomic mass is 79.9. The third-order valence-corrected chi connectivity index (χ3v) is 4.74. The van der Waals surface area contributed by atoms with Gasteiger partial charge in [0.15, 0.2) is 0 Å². The summed E-state index contributed by atoms with van der Waals surface area (Å²) >= 11 is 2.98. The largest absolute Gasteiger partial charge is 0.315 e. The Kier molecular flexibility index (Phi) is 3.82. The van der Waals surface area contributed by atoms with Gasteiger partial charge in [-0.1, -0.05) is 0 Å². The Hall–Kier alpha value is -0.500. The zero-order chi connectivity index (χ0) is 12.5. The number of halogens is 2. The molecule has 17 heavy (non-hydrogen) atoms. The topological polar surface area (TPSA) is 58.2 Å². The van der Waals surface area contributed by atoms with E-state index in [0.29, 0.717) is 6.54 Å². The predicted molar refractivity (Wildman–Crippen MR) is 65.7 cm³/mol. The number of nitrogens with one attached hydrogen (secondary N) is 2. The fourth-order valence-electron chi connectivity index (χ4n) is 1.69. The van der Waals surface area contributed by atoms with Crippen LogP contribution >= 0.6 is 15.9 Å². The Morgan fingerprint density at radius 1 is 1.47 bits per heavy atom. The lowest BCUT2D eigenvalue weighted by Crippen LogP contribution is -2.36. The van der Waals surface area contributed by atoms with Gasteiger partial charge >= 0.3 is 0 Å². The van der Waals surface area contributed by atoms with Crippen LogP contribution in [0.5, 0.6) is 0 Å². The molecule has 1 heterocycles. The third kappa shape index (κ3) is 3.04.